The highest BCUT2D eigenvalue weighted by Gasteiger charge is 2.38. The average Bonchev–Trinajstić information content (AvgIpc) is 3.34. The zero-order valence-corrected chi connectivity index (χ0v) is 22.0. The zero-order chi connectivity index (χ0) is 26.8. The van der Waals surface area contributed by atoms with Crippen LogP contribution >= 0.6 is 0 Å². The highest BCUT2D eigenvalue weighted by atomic mass is 16.5. The number of aliphatic imine (C=N–C) groups is 1. The van der Waals surface area contributed by atoms with Crippen LogP contribution < -0.4 is 22.1 Å². The van der Waals surface area contributed by atoms with Crippen molar-refractivity contribution >= 4 is 30.2 Å². The number of carbonyl (C=O) groups is 4. The quantitative estimate of drug-likeness (QED) is 0.0945. The molecule has 1 aliphatic heterocycles. The summed E-state index contributed by atoms with van der Waals surface area (Å²) in [7, 11) is 0. The minimum Gasteiger partial charge on any atom is -0.450 e. The summed E-state index contributed by atoms with van der Waals surface area (Å²) >= 11 is 0. The smallest absolute Gasteiger partial charge is 0.407 e. The molecule has 1 heterocycles. The number of likely N-dealkylation sites (tertiary alicyclic amines) is 1. The molecule has 11 nitrogen and oxygen atoms in total. The van der Waals surface area contributed by atoms with Crippen LogP contribution in [0.3, 0.4) is 0 Å². The summed E-state index contributed by atoms with van der Waals surface area (Å²) in [4.78, 5) is 55.3. The van der Waals surface area contributed by atoms with E-state index < -0.39 is 24.2 Å². The first-order valence-electron chi connectivity index (χ1n) is 13.4. The molecule has 0 spiro atoms. The third-order valence-electron chi connectivity index (χ3n) is 6.26. The van der Waals surface area contributed by atoms with Crippen molar-refractivity contribution in [2.24, 2.45) is 16.5 Å². The third kappa shape index (κ3) is 12.2. The first-order chi connectivity index (χ1) is 17.3. The third-order valence-corrected chi connectivity index (χ3v) is 6.26. The van der Waals surface area contributed by atoms with Gasteiger partial charge in [-0.15, -0.1) is 0 Å². The number of hydrogen-bond acceptors (Lipinski definition) is 6. The lowest BCUT2D eigenvalue weighted by atomic mass is 10.0. The molecule has 0 saturated carbocycles. The number of carbonyl (C=O) groups excluding carboxylic acids is 4. The Hall–Kier alpha value is -2.85. The molecule has 0 aromatic heterocycles. The van der Waals surface area contributed by atoms with Crippen molar-refractivity contribution in [2.45, 2.75) is 109 Å². The predicted octanol–water partition coefficient (Wildman–Crippen LogP) is 1.97. The molecule has 11 heteroatoms. The first-order valence-corrected chi connectivity index (χ1v) is 13.4. The van der Waals surface area contributed by atoms with Crippen molar-refractivity contribution in [1.82, 2.24) is 15.5 Å². The maximum Gasteiger partial charge on any atom is 0.407 e. The number of guanidine groups is 1. The predicted molar refractivity (Wildman–Crippen MR) is 139 cm³/mol. The Morgan fingerprint density at radius 1 is 1.03 bits per heavy atom. The summed E-state index contributed by atoms with van der Waals surface area (Å²) in [5.41, 5.74) is 10.6. The van der Waals surface area contributed by atoms with Crippen LogP contribution in [0.2, 0.25) is 0 Å². The number of ether oxygens (including phenoxy) is 1. The van der Waals surface area contributed by atoms with Gasteiger partial charge in [0, 0.05) is 13.1 Å². The van der Waals surface area contributed by atoms with E-state index in [2.05, 4.69) is 22.5 Å². The summed E-state index contributed by atoms with van der Waals surface area (Å²) in [5.74, 6) is -0.683. The SMILES string of the molecule is CCCCCCCCC[C@@H](NC(=O)OCC)C(=O)N1CCC[C@H]1C(=O)N[C@H](C=O)CCCN=C(N)N. The maximum absolute atomic E-state index is 13.4. The van der Waals surface area contributed by atoms with E-state index in [0.29, 0.717) is 51.5 Å². The van der Waals surface area contributed by atoms with E-state index in [4.69, 9.17) is 16.2 Å². The number of nitrogens with zero attached hydrogens (tertiary/aromatic N) is 2. The molecule has 3 amide bonds. The van der Waals surface area contributed by atoms with E-state index in [1.807, 2.05) is 0 Å². The molecule has 0 unspecified atom stereocenters. The van der Waals surface area contributed by atoms with E-state index in [-0.39, 0.29) is 24.4 Å². The Morgan fingerprint density at radius 3 is 2.36 bits per heavy atom. The van der Waals surface area contributed by atoms with Crippen LogP contribution in [0.1, 0.15) is 90.9 Å². The molecule has 0 aromatic carbocycles. The van der Waals surface area contributed by atoms with Gasteiger partial charge in [-0.3, -0.25) is 14.6 Å². The van der Waals surface area contributed by atoms with Crippen LogP contribution in [0, 0.1) is 0 Å². The number of nitrogens with one attached hydrogen (secondary N) is 2. The Bertz CT molecular complexity index is 713. The molecule has 6 N–H and O–H groups in total. The second kappa shape index (κ2) is 18.4. The molecule has 0 bridgehead atoms. The molecule has 1 aliphatic rings. The van der Waals surface area contributed by atoms with E-state index in [1.165, 1.54) is 24.2 Å². The lowest BCUT2D eigenvalue weighted by Gasteiger charge is -2.29. The number of nitrogens with two attached hydrogens (primary N) is 2. The van der Waals surface area contributed by atoms with E-state index in [1.54, 1.807) is 6.92 Å². The fourth-order valence-electron chi connectivity index (χ4n) is 4.35. The van der Waals surface area contributed by atoms with E-state index in [0.717, 1.165) is 25.7 Å². The van der Waals surface area contributed by atoms with Crippen molar-refractivity contribution in [3.8, 4) is 0 Å². The van der Waals surface area contributed by atoms with Gasteiger partial charge >= 0.3 is 6.09 Å². The second-order valence-electron chi connectivity index (χ2n) is 9.22. The van der Waals surface area contributed by atoms with Crippen LogP contribution in [0.4, 0.5) is 4.79 Å². The Kier molecular flexibility index (Phi) is 16.0. The molecule has 0 aromatic rings. The molecule has 3 atom stereocenters. The van der Waals surface area contributed by atoms with Crippen molar-refractivity contribution in [2.75, 3.05) is 19.7 Å². The minimum atomic E-state index is -0.755. The van der Waals surface area contributed by atoms with Gasteiger partial charge in [0.15, 0.2) is 5.96 Å². The number of aldehydes is 1. The summed E-state index contributed by atoms with van der Waals surface area (Å²) < 4.78 is 5.00. The van der Waals surface area contributed by atoms with Crippen molar-refractivity contribution < 1.29 is 23.9 Å². The molecule has 1 fully saturated rings. The van der Waals surface area contributed by atoms with Gasteiger partial charge in [0.25, 0.3) is 0 Å². The Labute approximate surface area is 215 Å². The van der Waals surface area contributed by atoms with Crippen molar-refractivity contribution in [3.63, 3.8) is 0 Å². The van der Waals surface area contributed by atoms with Gasteiger partial charge in [-0.25, -0.2) is 4.79 Å². The number of amides is 3. The lowest BCUT2D eigenvalue weighted by Crippen LogP contribution is -2.54. The molecule has 206 valence electrons. The molecule has 1 saturated heterocycles. The van der Waals surface area contributed by atoms with Crippen LogP contribution in [0.5, 0.6) is 0 Å². The first kappa shape index (κ1) is 31.2. The number of hydrogen-bond donors (Lipinski definition) is 4. The molecular formula is C25H46N6O5. The normalized spacial score (nSPS) is 16.6. The fourth-order valence-corrected chi connectivity index (χ4v) is 4.35. The number of unbranched alkanes of at least 4 members (excludes halogenated alkanes) is 6. The van der Waals surface area contributed by atoms with Crippen LogP contribution in [0.15, 0.2) is 4.99 Å². The second-order valence-corrected chi connectivity index (χ2v) is 9.22. The largest absolute Gasteiger partial charge is 0.450 e. The van der Waals surface area contributed by atoms with E-state index in [9.17, 15) is 19.2 Å². The van der Waals surface area contributed by atoms with Crippen LogP contribution in [-0.4, -0.2) is 72.9 Å². The summed E-state index contributed by atoms with van der Waals surface area (Å²) in [5, 5.41) is 5.42. The highest BCUT2D eigenvalue weighted by Crippen LogP contribution is 2.21. The van der Waals surface area contributed by atoms with Gasteiger partial charge in [0.2, 0.25) is 11.8 Å². The average molecular weight is 511 g/mol. The fraction of sp³-hybridized carbons (Fsp3) is 0.800. The van der Waals surface area contributed by atoms with Crippen LogP contribution in [0.25, 0.3) is 0 Å². The highest BCUT2D eigenvalue weighted by molar-refractivity contribution is 5.92. The zero-order valence-electron chi connectivity index (χ0n) is 22.0. The van der Waals surface area contributed by atoms with Gasteiger partial charge in [0.1, 0.15) is 18.4 Å². The summed E-state index contributed by atoms with van der Waals surface area (Å²) in [6.07, 6.45) is 10.3. The lowest BCUT2D eigenvalue weighted by molar-refractivity contribution is -0.140. The van der Waals surface area contributed by atoms with Gasteiger partial charge in [0.05, 0.1) is 12.6 Å². The summed E-state index contributed by atoms with van der Waals surface area (Å²) in [6, 6.07) is -2.13. The molecule has 1 rings (SSSR count). The summed E-state index contributed by atoms with van der Waals surface area (Å²) in [6.45, 7) is 4.86. The minimum absolute atomic E-state index is 0.0238. The van der Waals surface area contributed by atoms with Gasteiger partial charge in [-0.05, 0) is 39.0 Å². The van der Waals surface area contributed by atoms with Crippen molar-refractivity contribution in [1.29, 1.82) is 0 Å². The van der Waals surface area contributed by atoms with Crippen molar-refractivity contribution in [3.05, 3.63) is 0 Å². The van der Waals surface area contributed by atoms with Gasteiger partial charge < -0.3 is 36.5 Å². The molecule has 0 aliphatic carbocycles. The Morgan fingerprint density at radius 2 is 1.72 bits per heavy atom. The number of rotatable bonds is 18. The van der Waals surface area contributed by atoms with Gasteiger partial charge in [-0.1, -0.05) is 51.9 Å². The van der Waals surface area contributed by atoms with E-state index >= 15 is 0 Å². The molecular weight excluding hydrogens is 464 g/mol. The standard InChI is InChI=1S/C25H46N6O5/c1-3-5-6-7-8-9-10-14-20(30-25(35)36-4-2)23(34)31-17-12-15-21(31)22(33)29-19(18-32)13-11-16-28-24(26)27/h18-21H,3-17H2,1-2H3,(H,29,33)(H,30,35)(H4,26,27,28)/t19-,20+,21-/m0/s1. The van der Waals surface area contributed by atoms with Crippen LogP contribution in [-0.2, 0) is 19.1 Å². The molecule has 36 heavy (non-hydrogen) atoms. The Balaban J connectivity index is 2.72. The van der Waals surface area contributed by atoms with Gasteiger partial charge in [-0.2, -0.15) is 0 Å². The molecule has 0 radical (unpaired) electrons. The number of alkyl carbamates (subject to hydrolysis) is 1. The topological polar surface area (TPSA) is 169 Å². The monoisotopic (exact) mass is 510 g/mol. The maximum atomic E-state index is 13.4.